The van der Waals surface area contributed by atoms with Crippen LogP contribution in [0.2, 0.25) is 0 Å². The number of rotatable bonds is 10. The topological polar surface area (TPSA) is 24.1 Å². The Morgan fingerprint density at radius 2 is 1.81 bits per heavy atom. The van der Waals surface area contributed by atoms with Gasteiger partial charge in [-0.05, 0) is 57.2 Å². The Kier molecular flexibility index (Phi) is 7.06. The second-order valence-corrected chi connectivity index (χ2v) is 5.88. The first-order chi connectivity index (χ1) is 7.68. The highest BCUT2D eigenvalue weighted by molar-refractivity contribution is 4.80. The van der Waals surface area contributed by atoms with Gasteiger partial charge in [0.05, 0.1) is 0 Å². The minimum absolute atomic E-state index is 0.773. The van der Waals surface area contributed by atoms with Crippen LogP contribution >= 0.6 is 0 Å². The van der Waals surface area contributed by atoms with Crippen LogP contribution in [0.25, 0.3) is 0 Å². The van der Waals surface area contributed by atoms with E-state index < -0.39 is 0 Å². The lowest BCUT2D eigenvalue weighted by Crippen LogP contribution is -2.25. The van der Waals surface area contributed by atoms with Gasteiger partial charge in [0.1, 0.15) is 0 Å². The first-order valence-electron chi connectivity index (χ1n) is 7.12. The quantitative estimate of drug-likeness (QED) is 0.560. The molecule has 0 aromatic carbocycles. The molecule has 2 N–H and O–H groups in total. The van der Waals surface area contributed by atoms with E-state index in [2.05, 4.69) is 31.4 Å². The summed E-state index contributed by atoms with van der Waals surface area (Å²) in [6, 6.07) is 0.880. The van der Waals surface area contributed by atoms with Crippen LogP contribution in [0.1, 0.15) is 52.9 Å². The maximum atomic E-state index is 3.57. The maximum Gasteiger partial charge on any atom is 0.00682 e. The van der Waals surface area contributed by atoms with Gasteiger partial charge in [-0.15, -0.1) is 0 Å². The molecule has 16 heavy (non-hydrogen) atoms. The van der Waals surface area contributed by atoms with Crippen LogP contribution in [-0.2, 0) is 0 Å². The molecule has 2 heteroatoms. The summed E-state index contributed by atoms with van der Waals surface area (Å²) in [5, 5.41) is 7.11. The molecular formula is C14H30N2. The van der Waals surface area contributed by atoms with Crippen LogP contribution in [0.4, 0.5) is 0 Å². The molecule has 1 aliphatic carbocycles. The molecule has 2 nitrogen and oxygen atoms in total. The third-order valence-corrected chi connectivity index (χ3v) is 3.18. The first-order valence-corrected chi connectivity index (χ1v) is 7.12. The van der Waals surface area contributed by atoms with E-state index in [-0.39, 0.29) is 0 Å². The van der Waals surface area contributed by atoms with Crippen LogP contribution in [-0.4, -0.2) is 25.7 Å². The lowest BCUT2D eigenvalue weighted by Gasteiger charge is -2.13. The van der Waals surface area contributed by atoms with E-state index in [4.69, 9.17) is 0 Å². The van der Waals surface area contributed by atoms with Gasteiger partial charge >= 0.3 is 0 Å². The number of unbranched alkanes of at least 4 members (excludes halogenated alkanes) is 1. The van der Waals surface area contributed by atoms with Crippen molar-refractivity contribution in [3.8, 4) is 0 Å². The SMILES string of the molecule is CC(C)CNCC(C)CCCCNC1CC1. The lowest BCUT2D eigenvalue weighted by atomic mass is 10.0. The van der Waals surface area contributed by atoms with Gasteiger partial charge in [0.25, 0.3) is 0 Å². The molecule has 0 amide bonds. The second kappa shape index (κ2) is 8.08. The smallest absolute Gasteiger partial charge is 0.00682 e. The second-order valence-electron chi connectivity index (χ2n) is 5.88. The molecule has 1 saturated carbocycles. The molecule has 0 aliphatic heterocycles. The molecule has 0 heterocycles. The molecular weight excluding hydrogens is 196 g/mol. The summed E-state index contributed by atoms with van der Waals surface area (Å²) in [4.78, 5) is 0. The van der Waals surface area contributed by atoms with E-state index in [1.807, 2.05) is 0 Å². The van der Waals surface area contributed by atoms with Gasteiger partial charge in [-0.1, -0.05) is 27.2 Å². The molecule has 0 aromatic rings. The van der Waals surface area contributed by atoms with E-state index in [9.17, 15) is 0 Å². The molecule has 1 fully saturated rings. The fourth-order valence-electron chi connectivity index (χ4n) is 1.93. The van der Waals surface area contributed by atoms with Crippen molar-refractivity contribution >= 4 is 0 Å². The van der Waals surface area contributed by atoms with Gasteiger partial charge in [0.2, 0.25) is 0 Å². The molecule has 0 aromatic heterocycles. The summed E-state index contributed by atoms with van der Waals surface area (Å²) < 4.78 is 0. The highest BCUT2D eigenvalue weighted by Gasteiger charge is 2.19. The average Bonchev–Trinajstić information content (AvgIpc) is 3.00. The van der Waals surface area contributed by atoms with E-state index in [1.165, 1.54) is 45.2 Å². The van der Waals surface area contributed by atoms with E-state index in [0.717, 1.165) is 24.4 Å². The fraction of sp³-hybridized carbons (Fsp3) is 1.00. The zero-order valence-corrected chi connectivity index (χ0v) is 11.4. The van der Waals surface area contributed by atoms with Crippen molar-refractivity contribution in [2.24, 2.45) is 11.8 Å². The highest BCUT2D eigenvalue weighted by atomic mass is 14.9. The number of hydrogen-bond acceptors (Lipinski definition) is 2. The summed E-state index contributed by atoms with van der Waals surface area (Å²) in [7, 11) is 0. The molecule has 1 aliphatic rings. The van der Waals surface area contributed by atoms with Gasteiger partial charge in [0.15, 0.2) is 0 Å². The summed E-state index contributed by atoms with van der Waals surface area (Å²) >= 11 is 0. The fourth-order valence-corrected chi connectivity index (χ4v) is 1.93. The summed E-state index contributed by atoms with van der Waals surface area (Å²) in [5.41, 5.74) is 0. The predicted molar refractivity (Wildman–Crippen MR) is 71.7 cm³/mol. The van der Waals surface area contributed by atoms with Crippen molar-refractivity contribution in [1.82, 2.24) is 10.6 Å². The van der Waals surface area contributed by atoms with E-state index in [0.29, 0.717) is 0 Å². The molecule has 0 bridgehead atoms. The Balaban J connectivity index is 1.79. The predicted octanol–water partition coefficient (Wildman–Crippen LogP) is 2.79. The molecule has 1 unspecified atom stereocenters. The monoisotopic (exact) mass is 226 g/mol. The maximum absolute atomic E-state index is 3.57. The highest BCUT2D eigenvalue weighted by Crippen LogP contribution is 2.18. The molecule has 96 valence electrons. The Morgan fingerprint density at radius 1 is 1.06 bits per heavy atom. The molecule has 1 rings (SSSR count). The molecule has 1 atom stereocenters. The zero-order chi connectivity index (χ0) is 11.8. The van der Waals surface area contributed by atoms with Crippen LogP contribution < -0.4 is 10.6 Å². The first kappa shape index (κ1) is 14.0. The third-order valence-electron chi connectivity index (χ3n) is 3.18. The Bertz CT molecular complexity index is 164. The number of hydrogen-bond donors (Lipinski definition) is 2. The molecule has 0 radical (unpaired) electrons. The molecule has 0 saturated heterocycles. The van der Waals surface area contributed by atoms with Gasteiger partial charge in [-0.2, -0.15) is 0 Å². The normalized spacial score (nSPS) is 18.0. The standard InChI is InChI=1S/C14H30N2/c1-12(2)10-15-11-13(3)6-4-5-9-16-14-7-8-14/h12-16H,4-11H2,1-3H3. The van der Waals surface area contributed by atoms with Crippen molar-refractivity contribution in [3.63, 3.8) is 0 Å². The van der Waals surface area contributed by atoms with E-state index >= 15 is 0 Å². The van der Waals surface area contributed by atoms with Crippen LogP contribution in [0, 0.1) is 11.8 Å². The van der Waals surface area contributed by atoms with Crippen LogP contribution in [0.3, 0.4) is 0 Å². The van der Waals surface area contributed by atoms with Crippen LogP contribution in [0.15, 0.2) is 0 Å². The summed E-state index contributed by atoms with van der Waals surface area (Å²) in [6.45, 7) is 10.5. The number of nitrogens with one attached hydrogen (secondary N) is 2. The van der Waals surface area contributed by atoms with Gasteiger partial charge in [-0.25, -0.2) is 0 Å². The van der Waals surface area contributed by atoms with Crippen molar-refractivity contribution in [1.29, 1.82) is 0 Å². The van der Waals surface area contributed by atoms with Crippen LogP contribution in [0.5, 0.6) is 0 Å². The lowest BCUT2D eigenvalue weighted by molar-refractivity contribution is 0.435. The molecule has 0 spiro atoms. The van der Waals surface area contributed by atoms with Crippen molar-refractivity contribution in [2.75, 3.05) is 19.6 Å². The Morgan fingerprint density at radius 3 is 2.44 bits per heavy atom. The van der Waals surface area contributed by atoms with E-state index in [1.54, 1.807) is 0 Å². The Labute approximate surface area is 102 Å². The minimum Gasteiger partial charge on any atom is -0.316 e. The van der Waals surface area contributed by atoms with Gasteiger partial charge in [0, 0.05) is 6.04 Å². The van der Waals surface area contributed by atoms with Gasteiger partial charge in [-0.3, -0.25) is 0 Å². The third kappa shape index (κ3) is 8.12. The zero-order valence-electron chi connectivity index (χ0n) is 11.4. The summed E-state index contributed by atoms with van der Waals surface area (Å²) in [5.74, 6) is 1.61. The summed E-state index contributed by atoms with van der Waals surface area (Å²) in [6.07, 6.45) is 6.93. The van der Waals surface area contributed by atoms with Crippen molar-refractivity contribution in [3.05, 3.63) is 0 Å². The average molecular weight is 226 g/mol. The Hall–Kier alpha value is -0.0800. The van der Waals surface area contributed by atoms with Gasteiger partial charge < -0.3 is 10.6 Å². The van der Waals surface area contributed by atoms with Crippen molar-refractivity contribution < 1.29 is 0 Å². The largest absolute Gasteiger partial charge is 0.316 e. The van der Waals surface area contributed by atoms with Crippen molar-refractivity contribution in [2.45, 2.75) is 58.9 Å². The minimum atomic E-state index is 0.773.